The molecule has 3 N–H and O–H groups in total. The van der Waals surface area contributed by atoms with Crippen molar-refractivity contribution in [1.29, 1.82) is 0 Å². The Balaban J connectivity index is 2.81. The Morgan fingerprint density at radius 1 is 1.86 bits per heavy atom. The maximum Gasteiger partial charge on any atom is 0.340 e. The second-order valence-corrected chi connectivity index (χ2v) is 2.51. The van der Waals surface area contributed by atoms with E-state index in [1.54, 1.807) is 6.92 Å². The van der Waals surface area contributed by atoms with Crippen molar-refractivity contribution < 1.29 is 9.53 Å². The number of aromatic amines is 1. The van der Waals surface area contributed by atoms with Crippen molar-refractivity contribution >= 4 is 11.8 Å². The highest BCUT2D eigenvalue weighted by molar-refractivity contribution is 5.77. The molecule has 1 unspecified atom stereocenters. The number of nitrogens with one attached hydrogen (secondary N) is 1. The molecule has 1 heterocycles. The molecule has 1 rings (SSSR count). The number of hydrogen-bond donors (Lipinski definition) is 2. The van der Waals surface area contributed by atoms with Crippen LogP contribution >= 0.6 is 0 Å². The molecule has 1 atom stereocenters. The number of carbonyl (C=O) groups excluding carboxylic acids is 1. The first-order chi connectivity index (χ1) is 6.69. The van der Waals surface area contributed by atoms with E-state index in [-0.39, 0.29) is 18.1 Å². The molecular weight excluding hydrogens is 188 g/mol. The summed E-state index contributed by atoms with van der Waals surface area (Å²) in [6.07, 6.45) is 0. The summed E-state index contributed by atoms with van der Waals surface area (Å²) < 4.78 is 4.64. The number of carbonyl (C=O) groups is 1. The first-order valence-electron chi connectivity index (χ1n) is 3.99. The van der Waals surface area contributed by atoms with Crippen molar-refractivity contribution in [2.75, 3.05) is 12.3 Å². The molecule has 0 aliphatic carbocycles. The number of H-pyrrole nitrogens is 1. The van der Waals surface area contributed by atoms with Crippen LogP contribution in [0.5, 0.6) is 0 Å². The topological polar surface area (TPSA) is 110 Å². The van der Waals surface area contributed by atoms with Crippen molar-refractivity contribution in [2.24, 2.45) is 5.18 Å². The first-order valence-corrected chi connectivity index (χ1v) is 3.99. The average Bonchev–Trinajstić information content (AvgIpc) is 2.54. The Bertz CT molecular complexity index is 335. The van der Waals surface area contributed by atoms with Gasteiger partial charge in [0.1, 0.15) is 5.82 Å². The monoisotopic (exact) mass is 198 g/mol. The highest BCUT2D eigenvalue weighted by atomic mass is 16.5. The number of nitrogens with zero attached hydrogens (tertiary/aromatic N) is 2. The van der Waals surface area contributed by atoms with Gasteiger partial charge in [-0.1, -0.05) is 0 Å². The Labute approximate surface area is 79.6 Å². The Hall–Kier alpha value is -1.92. The molecular formula is C7H10N4O3. The minimum absolute atomic E-state index is 0.189. The highest BCUT2D eigenvalue weighted by Gasteiger charge is 2.24. The number of nitrogens with two attached hydrogens (primary N) is 1. The van der Waals surface area contributed by atoms with Gasteiger partial charge in [-0.25, -0.2) is 4.79 Å². The summed E-state index contributed by atoms with van der Waals surface area (Å²) in [4.78, 5) is 21.6. The smallest absolute Gasteiger partial charge is 0.340 e. The third-order valence-corrected chi connectivity index (χ3v) is 1.53. The van der Waals surface area contributed by atoms with Gasteiger partial charge in [-0.2, -0.15) is 5.10 Å². The molecule has 0 aliphatic heterocycles. The zero-order valence-corrected chi connectivity index (χ0v) is 7.56. The van der Waals surface area contributed by atoms with Crippen LogP contribution in [0.1, 0.15) is 18.7 Å². The standard InChI is InChI=1S/C7H10N4O3/c1-2-14-7(12)6(11-13)4-3-5(8)10-9-4/h3,6H,2H2,1H3,(H3,8,9,10). The molecule has 7 nitrogen and oxygen atoms in total. The van der Waals surface area contributed by atoms with E-state index in [9.17, 15) is 9.70 Å². The van der Waals surface area contributed by atoms with E-state index < -0.39 is 12.0 Å². The fourth-order valence-electron chi connectivity index (χ4n) is 0.941. The quantitative estimate of drug-likeness (QED) is 0.536. The maximum atomic E-state index is 11.2. The lowest BCUT2D eigenvalue weighted by atomic mass is 10.2. The summed E-state index contributed by atoms with van der Waals surface area (Å²) in [5.74, 6) is -0.524. The summed E-state index contributed by atoms with van der Waals surface area (Å²) in [5.41, 5.74) is 5.54. The molecule has 0 aromatic carbocycles. The molecule has 0 amide bonds. The van der Waals surface area contributed by atoms with Crippen molar-refractivity contribution in [2.45, 2.75) is 13.0 Å². The fraction of sp³-hybridized carbons (Fsp3) is 0.429. The third kappa shape index (κ3) is 2.06. The lowest BCUT2D eigenvalue weighted by molar-refractivity contribution is -0.144. The van der Waals surface area contributed by atoms with Crippen molar-refractivity contribution in [1.82, 2.24) is 10.2 Å². The van der Waals surface area contributed by atoms with Crippen LogP contribution in [0, 0.1) is 4.91 Å². The van der Waals surface area contributed by atoms with Crippen molar-refractivity contribution in [3.63, 3.8) is 0 Å². The largest absolute Gasteiger partial charge is 0.464 e. The predicted molar refractivity (Wildman–Crippen MR) is 48.2 cm³/mol. The van der Waals surface area contributed by atoms with E-state index in [1.165, 1.54) is 6.07 Å². The van der Waals surface area contributed by atoms with Gasteiger partial charge in [-0.3, -0.25) is 5.10 Å². The van der Waals surface area contributed by atoms with E-state index >= 15 is 0 Å². The maximum absolute atomic E-state index is 11.2. The molecule has 0 aliphatic rings. The van der Waals surface area contributed by atoms with Crippen LogP contribution in [-0.2, 0) is 9.53 Å². The molecule has 0 bridgehead atoms. The normalized spacial score (nSPS) is 12.1. The molecule has 76 valence electrons. The lowest BCUT2D eigenvalue weighted by Gasteiger charge is -2.04. The van der Waals surface area contributed by atoms with E-state index in [4.69, 9.17) is 5.73 Å². The molecule has 14 heavy (non-hydrogen) atoms. The van der Waals surface area contributed by atoms with Crippen LogP contribution < -0.4 is 5.73 Å². The van der Waals surface area contributed by atoms with Gasteiger partial charge in [0, 0.05) is 6.07 Å². The summed E-state index contributed by atoms with van der Waals surface area (Å²) in [5, 5.41) is 8.64. The lowest BCUT2D eigenvalue weighted by Crippen LogP contribution is -2.14. The molecule has 0 saturated carbocycles. The summed E-state index contributed by atoms with van der Waals surface area (Å²) in [7, 11) is 0. The summed E-state index contributed by atoms with van der Waals surface area (Å²) >= 11 is 0. The van der Waals surface area contributed by atoms with E-state index in [1.807, 2.05) is 0 Å². The average molecular weight is 198 g/mol. The zero-order chi connectivity index (χ0) is 10.6. The van der Waals surface area contributed by atoms with Gasteiger partial charge in [0.15, 0.2) is 0 Å². The highest BCUT2D eigenvalue weighted by Crippen LogP contribution is 2.17. The summed E-state index contributed by atoms with van der Waals surface area (Å²) in [6.45, 7) is 1.83. The van der Waals surface area contributed by atoms with Gasteiger partial charge < -0.3 is 10.5 Å². The van der Waals surface area contributed by atoms with Crippen LogP contribution in [-0.4, -0.2) is 22.8 Å². The number of rotatable bonds is 4. The molecule has 0 saturated heterocycles. The minimum atomic E-state index is -1.22. The van der Waals surface area contributed by atoms with E-state index in [0.717, 1.165) is 0 Å². The van der Waals surface area contributed by atoms with Crippen LogP contribution in [0.4, 0.5) is 5.82 Å². The minimum Gasteiger partial charge on any atom is -0.464 e. The van der Waals surface area contributed by atoms with Crippen LogP contribution in [0.25, 0.3) is 0 Å². The molecule has 0 fully saturated rings. The van der Waals surface area contributed by atoms with Crippen LogP contribution in [0.3, 0.4) is 0 Å². The second-order valence-electron chi connectivity index (χ2n) is 2.51. The van der Waals surface area contributed by atoms with Gasteiger partial charge in [-0.05, 0) is 12.1 Å². The van der Waals surface area contributed by atoms with Gasteiger partial charge in [0.25, 0.3) is 0 Å². The Morgan fingerprint density at radius 2 is 2.57 bits per heavy atom. The zero-order valence-electron chi connectivity index (χ0n) is 7.56. The van der Waals surface area contributed by atoms with Gasteiger partial charge in [0.05, 0.1) is 12.3 Å². The van der Waals surface area contributed by atoms with Gasteiger partial charge in [0.2, 0.25) is 6.04 Å². The number of nitroso groups, excluding NO2 is 1. The molecule has 1 aromatic rings. The molecule has 0 spiro atoms. The molecule has 7 heteroatoms. The third-order valence-electron chi connectivity index (χ3n) is 1.53. The van der Waals surface area contributed by atoms with Crippen LogP contribution in [0.2, 0.25) is 0 Å². The van der Waals surface area contributed by atoms with Gasteiger partial charge >= 0.3 is 5.97 Å². The van der Waals surface area contributed by atoms with Crippen molar-refractivity contribution in [3.8, 4) is 0 Å². The number of ether oxygens (including phenoxy) is 1. The Morgan fingerprint density at radius 3 is 3.00 bits per heavy atom. The Kier molecular flexibility index (Phi) is 3.16. The predicted octanol–water partition coefficient (Wildman–Crippen LogP) is 0.362. The first kappa shape index (κ1) is 10.2. The van der Waals surface area contributed by atoms with Gasteiger partial charge in [-0.15, -0.1) is 4.91 Å². The summed E-state index contributed by atoms with van der Waals surface area (Å²) in [6, 6.07) is 0.142. The van der Waals surface area contributed by atoms with E-state index in [0.29, 0.717) is 0 Å². The van der Waals surface area contributed by atoms with Crippen LogP contribution in [0.15, 0.2) is 11.2 Å². The molecule has 0 radical (unpaired) electrons. The molecule has 1 aromatic heterocycles. The number of anilines is 1. The number of esters is 1. The number of aromatic nitrogens is 2. The number of hydrogen-bond acceptors (Lipinski definition) is 6. The fourth-order valence-corrected chi connectivity index (χ4v) is 0.941. The second kappa shape index (κ2) is 4.35. The SMILES string of the molecule is CCOC(=O)C(N=O)c1cc(N)n[nH]1. The number of nitrogen functional groups attached to an aromatic ring is 1. The van der Waals surface area contributed by atoms with E-state index in [2.05, 4.69) is 20.1 Å². The van der Waals surface area contributed by atoms with Crippen molar-refractivity contribution in [3.05, 3.63) is 16.7 Å².